The van der Waals surface area contributed by atoms with Gasteiger partial charge in [-0.25, -0.2) is 13.1 Å². The van der Waals surface area contributed by atoms with Gasteiger partial charge >= 0.3 is 0 Å². The van der Waals surface area contributed by atoms with Crippen LogP contribution in [-0.2, 0) is 14.8 Å². The van der Waals surface area contributed by atoms with Gasteiger partial charge in [0.2, 0.25) is 15.9 Å². The lowest BCUT2D eigenvalue weighted by Crippen LogP contribution is -2.38. The Morgan fingerprint density at radius 2 is 1.83 bits per heavy atom. The van der Waals surface area contributed by atoms with Crippen LogP contribution in [-0.4, -0.2) is 46.0 Å². The van der Waals surface area contributed by atoms with Crippen molar-refractivity contribution in [3.8, 4) is 5.75 Å². The third kappa shape index (κ3) is 6.58. The Bertz CT molecular complexity index is 597. The van der Waals surface area contributed by atoms with Crippen molar-refractivity contribution >= 4 is 15.9 Å². The first-order valence-electron chi connectivity index (χ1n) is 7.65. The smallest absolute Gasteiger partial charge is 0.240 e. The van der Waals surface area contributed by atoms with Gasteiger partial charge in [-0.15, -0.1) is 0 Å². The summed E-state index contributed by atoms with van der Waals surface area (Å²) in [7, 11) is -2.06. The van der Waals surface area contributed by atoms with Gasteiger partial charge in [-0.1, -0.05) is 13.8 Å². The quantitative estimate of drug-likeness (QED) is 0.743. The summed E-state index contributed by atoms with van der Waals surface area (Å²) in [6.45, 7) is 6.86. The highest BCUT2D eigenvalue weighted by Crippen LogP contribution is 2.15. The lowest BCUT2D eigenvalue weighted by atomic mass is 10.1. The number of carbonyl (C=O) groups excluding carboxylic acids is 1. The number of hydrogen-bond acceptors (Lipinski definition) is 4. The van der Waals surface area contributed by atoms with Gasteiger partial charge in [-0.3, -0.25) is 4.79 Å². The van der Waals surface area contributed by atoms with E-state index in [-0.39, 0.29) is 17.3 Å². The summed E-state index contributed by atoms with van der Waals surface area (Å²) in [4.78, 5) is 13.4. The molecule has 0 unspecified atom stereocenters. The molecule has 0 atom stereocenters. The van der Waals surface area contributed by atoms with Crippen molar-refractivity contribution < 1.29 is 17.9 Å². The van der Waals surface area contributed by atoms with Crippen molar-refractivity contribution in [3.63, 3.8) is 0 Å². The molecular weight excluding hydrogens is 316 g/mol. The van der Waals surface area contributed by atoms with Gasteiger partial charge in [0.1, 0.15) is 5.75 Å². The SMILES string of the molecule is COc1ccc(S(=O)(=O)NCCN(CCC(C)C)C(C)=O)cc1. The second-order valence-electron chi connectivity index (χ2n) is 5.76. The molecule has 0 aromatic heterocycles. The van der Waals surface area contributed by atoms with Crippen LogP contribution in [0.3, 0.4) is 0 Å². The van der Waals surface area contributed by atoms with Gasteiger partial charge < -0.3 is 9.64 Å². The topological polar surface area (TPSA) is 75.7 Å². The number of sulfonamides is 1. The van der Waals surface area contributed by atoms with Crippen LogP contribution in [0.1, 0.15) is 27.2 Å². The second kappa shape index (κ2) is 8.88. The summed E-state index contributed by atoms with van der Waals surface area (Å²) in [5.41, 5.74) is 0. The maximum Gasteiger partial charge on any atom is 0.240 e. The molecule has 1 aromatic carbocycles. The van der Waals surface area contributed by atoms with Crippen LogP contribution in [0.2, 0.25) is 0 Å². The van der Waals surface area contributed by atoms with Gasteiger partial charge in [-0.2, -0.15) is 0 Å². The Balaban J connectivity index is 2.58. The number of nitrogens with one attached hydrogen (secondary N) is 1. The molecule has 1 N–H and O–H groups in total. The van der Waals surface area contributed by atoms with Crippen LogP contribution in [0.15, 0.2) is 29.2 Å². The van der Waals surface area contributed by atoms with E-state index in [1.165, 1.54) is 26.2 Å². The maximum atomic E-state index is 12.2. The molecule has 0 aliphatic heterocycles. The first-order valence-corrected chi connectivity index (χ1v) is 9.14. The molecule has 0 aliphatic carbocycles. The number of methoxy groups -OCH3 is 1. The van der Waals surface area contributed by atoms with E-state index >= 15 is 0 Å². The fourth-order valence-electron chi connectivity index (χ4n) is 1.99. The van der Waals surface area contributed by atoms with E-state index in [0.717, 1.165) is 6.42 Å². The summed E-state index contributed by atoms with van der Waals surface area (Å²) in [5.74, 6) is 1.04. The maximum absolute atomic E-state index is 12.2. The molecule has 0 heterocycles. The van der Waals surface area contributed by atoms with Crippen LogP contribution in [0, 0.1) is 5.92 Å². The molecule has 0 aliphatic rings. The molecule has 1 aromatic rings. The predicted octanol–water partition coefficient (Wildman–Crippen LogP) is 1.87. The molecule has 130 valence electrons. The highest BCUT2D eigenvalue weighted by molar-refractivity contribution is 7.89. The Labute approximate surface area is 138 Å². The largest absolute Gasteiger partial charge is 0.497 e. The van der Waals surface area contributed by atoms with Gasteiger partial charge in [-0.05, 0) is 36.6 Å². The fraction of sp³-hybridized carbons (Fsp3) is 0.562. The second-order valence-corrected chi connectivity index (χ2v) is 7.53. The normalized spacial score (nSPS) is 11.5. The Kier molecular flexibility index (Phi) is 7.51. The Morgan fingerprint density at radius 1 is 1.22 bits per heavy atom. The Hall–Kier alpha value is -1.60. The van der Waals surface area contributed by atoms with Crippen molar-refractivity contribution in [2.24, 2.45) is 5.92 Å². The van der Waals surface area contributed by atoms with E-state index in [2.05, 4.69) is 18.6 Å². The summed E-state index contributed by atoms with van der Waals surface area (Å²) in [6, 6.07) is 6.17. The number of nitrogens with zero attached hydrogens (tertiary/aromatic N) is 1. The third-order valence-corrected chi connectivity index (χ3v) is 4.94. The van der Waals surface area contributed by atoms with Crippen LogP contribution < -0.4 is 9.46 Å². The van der Waals surface area contributed by atoms with E-state index in [0.29, 0.717) is 24.8 Å². The minimum absolute atomic E-state index is 0.0469. The van der Waals surface area contributed by atoms with E-state index in [4.69, 9.17) is 4.74 Å². The average molecular weight is 342 g/mol. The lowest BCUT2D eigenvalue weighted by Gasteiger charge is -2.22. The number of hydrogen-bond donors (Lipinski definition) is 1. The first-order chi connectivity index (χ1) is 10.8. The highest BCUT2D eigenvalue weighted by atomic mass is 32.2. The number of amides is 1. The molecule has 0 saturated carbocycles. The lowest BCUT2D eigenvalue weighted by molar-refractivity contribution is -0.128. The van der Waals surface area contributed by atoms with Gasteiger partial charge in [0, 0.05) is 26.6 Å². The molecule has 0 saturated heterocycles. The molecule has 1 rings (SSSR count). The van der Waals surface area contributed by atoms with E-state index in [1.807, 2.05) is 0 Å². The van der Waals surface area contributed by atoms with E-state index in [9.17, 15) is 13.2 Å². The van der Waals surface area contributed by atoms with Crippen LogP contribution >= 0.6 is 0 Å². The van der Waals surface area contributed by atoms with Crippen molar-refractivity contribution in [3.05, 3.63) is 24.3 Å². The Morgan fingerprint density at radius 3 is 2.30 bits per heavy atom. The zero-order valence-electron chi connectivity index (χ0n) is 14.2. The molecule has 1 amide bonds. The minimum atomic E-state index is -3.58. The molecular formula is C16H26N2O4S. The first kappa shape index (κ1) is 19.4. The zero-order chi connectivity index (χ0) is 17.5. The molecule has 6 nitrogen and oxygen atoms in total. The highest BCUT2D eigenvalue weighted by Gasteiger charge is 2.15. The summed E-state index contributed by atoms with van der Waals surface area (Å²) >= 11 is 0. The monoisotopic (exact) mass is 342 g/mol. The van der Waals surface area contributed by atoms with Gasteiger partial charge in [0.25, 0.3) is 0 Å². The molecule has 23 heavy (non-hydrogen) atoms. The van der Waals surface area contributed by atoms with Crippen molar-refractivity contribution in [2.75, 3.05) is 26.7 Å². The molecule has 0 radical (unpaired) electrons. The fourth-order valence-corrected chi connectivity index (χ4v) is 3.01. The van der Waals surface area contributed by atoms with Crippen LogP contribution in [0.5, 0.6) is 5.75 Å². The van der Waals surface area contributed by atoms with Crippen molar-refractivity contribution in [2.45, 2.75) is 32.1 Å². The zero-order valence-corrected chi connectivity index (χ0v) is 15.0. The van der Waals surface area contributed by atoms with E-state index < -0.39 is 10.0 Å². The van der Waals surface area contributed by atoms with E-state index in [1.54, 1.807) is 17.0 Å². The van der Waals surface area contributed by atoms with Crippen molar-refractivity contribution in [1.82, 2.24) is 9.62 Å². The molecule has 0 bridgehead atoms. The predicted molar refractivity (Wildman–Crippen MR) is 89.9 cm³/mol. The number of carbonyl (C=O) groups is 1. The third-order valence-electron chi connectivity index (χ3n) is 3.47. The molecule has 0 spiro atoms. The number of rotatable bonds is 9. The number of ether oxygens (including phenoxy) is 1. The average Bonchev–Trinajstić information content (AvgIpc) is 2.50. The molecule has 0 fully saturated rings. The van der Waals surface area contributed by atoms with Crippen LogP contribution in [0.4, 0.5) is 0 Å². The number of benzene rings is 1. The summed E-state index contributed by atoms with van der Waals surface area (Å²) < 4.78 is 31.9. The van der Waals surface area contributed by atoms with Gasteiger partial charge in [0.05, 0.1) is 12.0 Å². The van der Waals surface area contributed by atoms with Gasteiger partial charge in [0.15, 0.2) is 0 Å². The minimum Gasteiger partial charge on any atom is -0.497 e. The summed E-state index contributed by atoms with van der Waals surface area (Å²) in [6.07, 6.45) is 0.894. The van der Waals surface area contributed by atoms with Crippen LogP contribution in [0.25, 0.3) is 0 Å². The molecule has 7 heteroatoms. The van der Waals surface area contributed by atoms with Crippen molar-refractivity contribution in [1.29, 1.82) is 0 Å². The standard InChI is InChI=1S/C16H26N2O4S/c1-13(2)9-11-18(14(3)19)12-10-17-23(20,21)16-7-5-15(22-4)6-8-16/h5-8,13,17H,9-12H2,1-4H3. The summed E-state index contributed by atoms with van der Waals surface area (Å²) in [5, 5.41) is 0.